The van der Waals surface area contributed by atoms with Crippen LogP contribution in [-0.2, 0) is 19.1 Å². The van der Waals surface area contributed by atoms with Crippen LogP contribution in [0.4, 0.5) is 5.69 Å². The van der Waals surface area contributed by atoms with E-state index in [1.54, 1.807) is 24.3 Å². The second-order valence-corrected chi connectivity index (χ2v) is 10.7. The molecule has 3 N–H and O–H groups in total. The van der Waals surface area contributed by atoms with Gasteiger partial charge in [0.2, 0.25) is 17.7 Å². The Bertz CT molecular complexity index is 996. The summed E-state index contributed by atoms with van der Waals surface area (Å²) in [6, 6.07) is 5.70. The van der Waals surface area contributed by atoms with E-state index >= 15 is 0 Å². The van der Waals surface area contributed by atoms with Crippen molar-refractivity contribution in [2.45, 2.75) is 89.5 Å². The van der Waals surface area contributed by atoms with Gasteiger partial charge < -0.3 is 30.1 Å². The van der Waals surface area contributed by atoms with Crippen LogP contribution in [0.3, 0.4) is 0 Å². The molecule has 9 heteroatoms. The number of hydrogen-bond acceptors (Lipinski definition) is 6. The van der Waals surface area contributed by atoms with Crippen LogP contribution in [0.1, 0.15) is 66.2 Å². The number of carbonyl (C=O) groups is 3. The first-order valence-corrected chi connectivity index (χ1v) is 13.7. The van der Waals surface area contributed by atoms with Crippen molar-refractivity contribution in [1.29, 1.82) is 0 Å². The van der Waals surface area contributed by atoms with Crippen molar-refractivity contribution in [3.05, 3.63) is 24.3 Å². The number of nitrogens with zero attached hydrogens (tertiary/aromatic N) is 1. The number of rotatable bonds is 12. The Morgan fingerprint density at radius 3 is 2.51 bits per heavy atom. The summed E-state index contributed by atoms with van der Waals surface area (Å²) in [4.78, 5) is 42.8. The molecule has 204 valence electrons. The lowest BCUT2D eigenvalue weighted by atomic mass is 9.66. The fraction of sp³-hybridized carbons (Fsp3) is 0.679. The summed E-state index contributed by atoms with van der Waals surface area (Å²) in [5.74, 6) is -1.69. The molecule has 3 fully saturated rings. The normalized spacial score (nSPS) is 30.8. The molecule has 0 saturated carbocycles. The summed E-state index contributed by atoms with van der Waals surface area (Å²) in [7, 11) is 0. The van der Waals surface area contributed by atoms with E-state index in [0.717, 1.165) is 19.3 Å². The van der Waals surface area contributed by atoms with Crippen LogP contribution in [0.25, 0.3) is 0 Å². The molecule has 3 aliphatic rings. The van der Waals surface area contributed by atoms with Crippen LogP contribution in [-0.4, -0.2) is 70.8 Å². The largest absolute Gasteiger partial charge is 0.494 e. The Morgan fingerprint density at radius 2 is 1.89 bits per heavy atom. The number of amides is 3. The minimum atomic E-state index is -1.09. The average molecular weight is 516 g/mol. The molecule has 9 nitrogen and oxygen atoms in total. The zero-order valence-electron chi connectivity index (χ0n) is 22.4. The quantitative estimate of drug-likeness (QED) is 0.369. The molecule has 6 atom stereocenters. The monoisotopic (exact) mass is 515 g/mol. The standard InChI is InChI=1S/C28H41N3O6/c1-5-8-9-16-29-25(34)23-28-15-14-27(4,37-28)21(22(28)26(35)31(23)19(6-2)17-32)24(33)30-18-10-12-20(13-11-18)36-7-3/h10-13,19,21-23,32H,5-9,14-17H2,1-4H3,(H,29,34)(H,30,33)/t19-,21+,22-,23?,27-,28?/m0/s1. The zero-order chi connectivity index (χ0) is 26.8. The van der Waals surface area contributed by atoms with E-state index in [4.69, 9.17) is 9.47 Å². The van der Waals surface area contributed by atoms with Gasteiger partial charge in [0.15, 0.2) is 0 Å². The van der Waals surface area contributed by atoms with Crippen molar-refractivity contribution in [2.24, 2.45) is 11.8 Å². The highest BCUT2D eigenvalue weighted by Crippen LogP contribution is 2.63. The molecule has 3 saturated heterocycles. The number of ether oxygens (including phenoxy) is 2. The average Bonchev–Trinajstić information content (AvgIpc) is 3.45. The van der Waals surface area contributed by atoms with Gasteiger partial charge >= 0.3 is 0 Å². The molecular formula is C28H41N3O6. The van der Waals surface area contributed by atoms with Crippen LogP contribution in [0.15, 0.2) is 24.3 Å². The highest BCUT2D eigenvalue weighted by atomic mass is 16.5. The lowest BCUT2D eigenvalue weighted by Gasteiger charge is -2.36. The summed E-state index contributed by atoms with van der Waals surface area (Å²) in [5, 5.41) is 16.1. The molecule has 1 spiro atoms. The molecule has 0 aliphatic carbocycles. The number of nitrogens with one attached hydrogen (secondary N) is 2. The molecule has 3 aliphatic heterocycles. The number of carbonyl (C=O) groups excluding carboxylic acids is 3. The van der Waals surface area contributed by atoms with Gasteiger partial charge in [0.1, 0.15) is 17.4 Å². The van der Waals surface area contributed by atoms with Crippen molar-refractivity contribution < 1.29 is 29.0 Å². The van der Waals surface area contributed by atoms with Gasteiger partial charge in [-0.15, -0.1) is 0 Å². The highest BCUT2D eigenvalue weighted by molar-refractivity contribution is 6.02. The summed E-state index contributed by atoms with van der Waals surface area (Å²) in [6.07, 6.45) is 4.45. The smallest absolute Gasteiger partial charge is 0.245 e. The summed E-state index contributed by atoms with van der Waals surface area (Å²) < 4.78 is 12.1. The summed E-state index contributed by atoms with van der Waals surface area (Å²) >= 11 is 0. The second kappa shape index (κ2) is 11.0. The van der Waals surface area contributed by atoms with Gasteiger partial charge in [0.05, 0.1) is 36.7 Å². The second-order valence-electron chi connectivity index (χ2n) is 10.7. The van der Waals surface area contributed by atoms with E-state index in [-0.39, 0.29) is 24.3 Å². The minimum Gasteiger partial charge on any atom is -0.494 e. The first kappa shape index (κ1) is 27.4. The molecule has 1 aromatic rings. The van der Waals surface area contributed by atoms with E-state index in [1.807, 2.05) is 20.8 Å². The molecule has 2 bridgehead atoms. The number of hydrogen-bond donors (Lipinski definition) is 3. The van der Waals surface area contributed by atoms with Crippen LogP contribution in [0.2, 0.25) is 0 Å². The predicted octanol–water partition coefficient (Wildman–Crippen LogP) is 2.87. The van der Waals surface area contributed by atoms with E-state index < -0.39 is 35.1 Å². The maximum absolute atomic E-state index is 14.0. The van der Waals surface area contributed by atoms with Crippen molar-refractivity contribution in [1.82, 2.24) is 10.2 Å². The Balaban J connectivity index is 1.63. The lowest BCUT2D eigenvalue weighted by molar-refractivity contribution is -0.148. The third kappa shape index (κ3) is 4.72. The number of benzene rings is 1. The van der Waals surface area contributed by atoms with Gasteiger partial charge in [0.25, 0.3) is 0 Å². The molecule has 0 radical (unpaired) electrons. The van der Waals surface area contributed by atoms with Crippen LogP contribution < -0.4 is 15.4 Å². The van der Waals surface area contributed by atoms with E-state index in [0.29, 0.717) is 43.9 Å². The maximum Gasteiger partial charge on any atom is 0.245 e. The topological polar surface area (TPSA) is 117 Å². The third-order valence-electron chi connectivity index (χ3n) is 8.33. The predicted molar refractivity (Wildman–Crippen MR) is 139 cm³/mol. The molecule has 4 rings (SSSR count). The van der Waals surface area contributed by atoms with E-state index in [1.165, 1.54) is 4.90 Å². The SMILES string of the molecule is CCCCCNC(=O)C1N([C@@H](CC)CO)C(=O)[C@@H]2[C@H](C(=O)Nc3ccc(OCC)cc3)[C@]3(C)CCC12O3. The molecule has 2 unspecified atom stereocenters. The first-order chi connectivity index (χ1) is 17.8. The van der Waals surface area contributed by atoms with E-state index in [9.17, 15) is 19.5 Å². The van der Waals surface area contributed by atoms with Gasteiger partial charge in [-0.05, 0) is 63.8 Å². The molecule has 37 heavy (non-hydrogen) atoms. The number of aliphatic hydroxyl groups excluding tert-OH is 1. The van der Waals surface area contributed by atoms with Crippen molar-refractivity contribution in [3.63, 3.8) is 0 Å². The van der Waals surface area contributed by atoms with Crippen molar-refractivity contribution in [2.75, 3.05) is 25.1 Å². The Kier molecular flexibility index (Phi) is 8.14. The van der Waals surface area contributed by atoms with Gasteiger partial charge in [-0.2, -0.15) is 0 Å². The molecule has 3 amide bonds. The number of unbranched alkanes of at least 4 members (excludes halogenated alkanes) is 2. The Labute approximate surface area is 219 Å². The van der Waals surface area contributed by atoms with Gasteiger partial charge in [-0.25, -0.2) is 0 Å². The Morgan fingerprint density at radius 1 is 1.16 bits per heavy atom. The number of aliphatic hydroxyl groups is 1. The van der Waals surface area contributed by atoms with Crippen LogP contribution in [0, 0.1) is 11.8 Å². The highest BCUT2D eigenvalue weighted by Gasteiger charge is 2.78. The lowest BCUT2D eigenvalue weighted by Crippen LogP contribution is -2.58. The fourth-order valence-corrected chi connectivity index (χ4v) is 6.58. The first-order valence-electron chi connectivity index (χ1n) is 13.7. The fourth-order valence-electron chi connectivity index (χ4n) is 6.58. The summed E-state index contributed by atoms with van der Waals surface area (Å²) in [6.45, 7) is 8.56. The molecular weight excluding hydrogens is 474 g/mol. The number of likely N-dealkylation sites (tertiary alicyclic amines) is 1. The van der Waals surface area contributed by atoms with Crippen molar-refractivity contribution in [3.8, 4) is 5.75 Å². The van der Waals surface area contributed by atoms with Gasteiger partial charge in [0, 0.05) is 12.2 Å². The van der Waals surface area contributed by atoms with Crippen LogP contribution in [0.5, 0.6) is 5.75 Å². The van der Waals surface area contributed by atoms with Gasteiger partial charge in [-0.1, -0.05) is 26.7 Å². The van der Waals surface area contributed by atoms with Gasteiger partial charge in [-0.3, -0.25) is 14.4 Å². The maximum atomic E-state index is 14.0. The third-order valence-corrected chi connectivity index (χ3v) is 8.33. The summed E-state index contributed by atoms with van der Waals surface area (Å²) in [5.41, 5.74) is -1.35. The Hall–Kier alpha value is -2.65. The number of anilines is 1. The van der Waals surface area contributed by atoms with E-state index in [2.05, 4.69) is 17.6 Å². The molecule has 0 aromatic heterocycles. The zero-order valence-corrected chi connectivity index (χ0v) is 22.4. The molecule has 1 aromatic carbocycles. The van der Waals surface area contributed by atoms with Crippen molar-refractivity contribution >= 4 is 23.4 Å². The number of fused-ring (bicyclic) bond motifs is 1. The minimum absolute atomic E-state index is 0.259. The van der Waals surface area contributed by atoms with Crippen LogP contribution >= 0.6 is 0 Å². The molecule has 3 heterocycles.